The minimum atomic E-state index is -4.66. The predicted molar refractivity (Wildman–Crippen MR) is 41.6 cm³/mol. The van der Waals surface area contributed by atoms with Gasteiger partial charge in [0.2, 0.25) is 0 Å². The van der Waals surface area contributed by atoms with Crippen molar-refractivity contribution in [2.75, 3.05) is 11.9 Å². The topological polar surface area (TPSA) is 37.8 Å². The molecule has 1 heterocycles. The Balaban J connectivity index is 2.66. The van der Waals surface area contributed by atoms with Crippen LogP contribution in [0.15, 0.2) is 12.1 Å². The second kappa shape index (κ2) is 4.14. The number of alkyl halides is 6. The number of anilines is 1. The molecule has 0 aromatic carbocycles. The van der Waals surface area contributed by atoms with E-state index in [0.29, 0.717) is 6.07 Å². The van der Waals surface area contributed by atoms with Crippen molar-refractivity contribution in [2.24, 2.45) is 0 Å². The Hall–Kier alpha value is -1.54. The first-order chi connectivity index (χ1) is 7.18. The largest absolute Gasteiger partial charge is 0.435 e. The fourth-order valence-corrected chi connectivity index (χ4v) is 0.769. The quantitative estimate of drug-likeness (QED) is 0.813. The van der Waals surface area contributed by atoms with Crippen LogP contribution in [0, 0.1) is 0 Å². The fraction of sp³-hybridized carbons (Fsp3) is 0.429. The molecule has 0 aliphatic heterocycles. The fourth-order valence-electron chi connectivity index (χ4n) is 0.769. The van der Waals surface area contributed by atoms with Crippen LogP contribution in [0.25, 0.3) is 0 Å². The smallest absolute Gasteiger partial charge is 0.360 e. The monoisotopic (exact) mass is 245 g/mol. The standard InChI is InChI=1S/C7H5F6N3/c8-6(9,10)3-14-5-2-1-4(15-16-5)7(11,12)13/h1-2H,3H2,(H,14,16). The lowest BCUT2D eigenvalue weighted by Crippen LogP contribution is -2.22. The molecule has 0 bridgehead atoms. The summed E-state index contributed by atoms with van der Waals surface area (Å²) < 4.78 is 71.1. The van der Waals surface area contributed by atoms with Gasteiger partial charge in [0.25, 0.3) is 0 Å². The summed E-state index contributed by atoms with van der Waals surface area (Å²) in [6, 6.07) is 1.33. The Morgan fingerprint density at radius 3 is 2.00 bits per heavy atom. The van der Waals surface area contributed by atoms with Crippen molar-refractivity contribution in [3.63, 3.8) is 0 Å². The molecule has 0 saturated heterocycles. The normalized spacial score (nSPS) is 12.6. The average Bonchev–Trinajstić information content (AvgIpc) is 2.13. The highest BCUT2D eigenvalue weighted by atomic mass is 19.4. The Bertz CT molecular complexity index is 341. The first-order valence-electron chi connectivity index (χ1n) is 3.90. The van der Waals surface area contributed by atoms with Gasteiger partial charge in [0, 0.05) is 0 Å². The van der Waals surface area contributed by atoms with Crippen molar-refractivity contribution in [1.82, 2.24) is 10.2 Å². The molecule has 90 valence electrons. The second-order valence-corrected chi connectivity index (χ2v) is 2.77. The third kappa shape index (κ3) is 3.91. The van der Waals surface area contributed by atoms with Crippen LogP contribution in [-0.2, 0) is 6.18 Å². The van der Waals surface area contributed by atoms with Crippen LogP contribution in [0.2, 0.25) is 0 Å². The molecule has 0 unspecified atom stereocenters. The van der Waals surface area contributed by atoms with Gasteiger partial charge in [0.05, 0.1) is 0 Å². The zero-order chi connectivity index (χ0) is 12.4. The number of aromatic nitrogens is 2. The van der Waals surface area contributed by atoms with Crippen molar-refractivity contribution in [3.8, 4) is 0 Å². The number of nitrogens with one attached hydrogen (secondary N) is 1. The molecule has 16 heavy (non-hydrogen) atoms. The molecule has 0 aliphatic rings. The molecule has 0 amide bonds. The molecule has 1 rings (SSSR count). The molecule has 3 nitrogen and oxygen atoms in total. The van der Waals surface area contributed by atoms with Gasteiger partial charge in [-0.2, -0.15) is 26.3 Å². The highest BCUT2D eigenvalue weighted by Gasteiger charge is 2.33. The van der Waals surface area contributed by atoms with Crippen LogP contribution >= 0.6 is 0 Å². The van der Waals surface area contributed by atoms with E-state index in [2.05, 4.69) is 10.2 Å². The van der Waals surface area contributed by atoms with Crippen molar-refractivity contribution in [2.45, 2.75) is 12.4 Å². The van der Waals surface area contributed by atoms with Crippen molar-refractivity contribution >= 4 is 5.82 Å². The molecule has 0 atom stereocenters. The van der Waals surface area contributed by atoms with Crippen LogP contribution in [0.1, 0.15) is 5.69 Å². The van der Waals surface area contributed by atoms with Gasteiger partial charge >= 0.3 is 12.4 Å². The van der Waals surface area contributed by atoms with E-state index >= 15 is 0 Å². The van der Waals surface area contributed by atoms with Crippen molar-refractivity contribution in [3.05, 3.63) is 17.8 Å². The number of rotatable bonds is 2. The molecule has 0 radical (unpaired) electrons. The Morgan fingerprint density at radius 1 is 1.00 bits per heavy atom. The van der Waals surface area contributed by atoms with Crippen LogP contribution in [0.4, 0.5) is 32.2 Å². The van der Waals surface area contributed by atoms with Gasteiger partial charge in [-0.1, -0.05) is 0 Å². The highest BCUT2D eigenvalue weighted by Crippen LogP contribution is 2.27. The molecule has 9 heteroatoms. The summed E-state index contributed by atoms with van der Waals surface area (Å²) in [5.41, 5.74) is -1.26. The number of hydrogen-bond acceptors (Lipinski definition) is 3. The van der Waals surface area contributed by atoms with E-state index in [1.54, 1.807) is 5.32 Å². The van der Waals surface area contributed by atoms with Gasteiger partial charge in [0.1, 0.15) is 12.4 Å². The van der Waals surface area contributed by atoms with E-state index in [9.17, 15) is 26.3 Å². The lowest BCUT2D eigenvalue weighted by Gasteiger charge is -2.09. The average molecular weight is 245 g/mol. The molecule has 1 aromatic rings. The molecular formula is C7H5F6N3. The van der Waals surface area contributed by atoms with E-state index in [4.69, 9.17) is 0 Å². The first kappa shape index (κ1) is 12.5. The number of nitrogens with zero attached hydrogens (tertiary/aromatic N) is 2. The summed E-state index contributed by atoms with van der Waals surface area (Å²) in [4.78, 5) is 0. The van der Waals surface area contributed by atoms with E-state index in [0.717, 1.165) is 6.07 Å². The number of hydrogen-bond donors (Lipinski definition) is 1. The summed E-state index contributed by atoms with van der Waals surface area (Å²) in [5, 5.41) is 7.51. The minimum Gasteiger partial charge on any atom is -0.360 e. The first-order valence-corrected chi connectivity index (χ1v) is 3.90. The zero-order valence-corrected chi connectivity index (χ0v) is 7.52. The van der Waals surface area contributed by atoms with E-state index in [1.165, 1.54) is 0 Å². The maximum Gasteiger partial charge on any atom is 0.435 e. The van der Waals surface area contributed by atoms with Gasteiger partial charge in [-0.15, -0.1) is 10.2 Å². The molecular weight excluding hydrogens is 240 g/mol. The van der Waals surface area contributed by atoms with Crippen LogP contribution in [0.5, 0.6) is 0 Å². The molecule has 0 spiro atoms. The molecule has 1 aromatic heterocycles. The zero-order valence-electron chi connectivity index (χ0n) is 7.52. The Labute approximate surface area is 85.5 Å². The van der Waals surface area contributed by atoms with Crippen LogP contribution in [-0.4, -0.2) is 22.9 Å². The maximum atomic E-state index is 12.0. The summed E-state index contributed by atoms with van der Waals surface area (Å²) in [6.45, 7) is -1.38. The third-order valence-electron chi connectivity index (χ3n) is 1.42. The molecule has 0 aliphatic carbocycles. The summed E-state index contributed by atoms with van der Waals surface area (Å²) >= 11 is 0. The van der Waals surface area contributed by atoms with Crippen LogP contribution in [0.3, 0.4) is 0 Å². The van der Waals surface area contributed by atoms with E-state index in [-0.39, 0.29) is 5.82 Å². The SMILES string of the molecule is FC(F)(F)CNc1ccc(C(F)(F)F)nn1. The van der Waals surface area contributed by atoms with Gasteiger partial charge in [-0.25, -0.2) is 0 Å². The number of halogens is 6. The van der Waals surface area contributed by atoms with Crippen LogP contribution < -0.4 is 5.32 Å². The summed E-state index contributed by atoms with van der Waals surface area (Å²) in [6.07, 6.45) is -9.13. The predicted octanol–water partition coefficient (Wildman–Crippen LogP) is 2.47. The highest BCUT2D eigenvalue weighted by molar-refractivity contribution is 5.33. The third-order valence-corrected chi connectivity index (χ3v) is 1.42. The van der Waals surface area contributed by atoms with E-state index < -0.39 is 24.6 Å². The summed E-state index contributed by atoms with van der Waals surface area (Å²) in [7, 11) is 0. The lowest BCUT2D eigenvalue weighted by atomic mass is 10.4. The molecule has 0 saturated carbocycles. The van der Waals surface area contributed by atoms with Gasteiger partial charge in [-0.05, 0) is 12.1 Å². The van der Waals surface area contributed by atoms with E-state index in [1.807, 2.05) is 0 Å². The maximum absolute atomic E-state index is 12.0. The minimum absolute atomic E-state index is 0.370. The van der Waals surface area contributed by atoms with Crippen molar-refractivity contribution < 1.29 is 26.3 Å². The Kier molecular flexibility index (Phi) is 3.24. The molecule has 1 N–H and O–H groups in total. The summed E-state index contributed by atoms with van der Waals surface area (Å²) in [5.74, 6) is -0.370. The van der Waals surface area contributed by atoms with Gasteiger partial charge in [0.15, 0.2) is 5.69 Å². The van der Waals surface area contributed by atoms with Gasteiger partial charge < -0.3 is 5.32 Å². The molecule has 0 fully saturated rings. The Morgan fingerprint density at radius 2 is 1.62 bits per heavy atom. The van der Waals surface area contributed by atoms with Gasteiger partial charge in [-0.3, -0.25) is 0 Å². The lowest BCUT2D eigenvalue weighted by molar-refractivity contribution is -0.141. The van der Waals surface area contributed by atoms with Crippen molar-refractivity contribution in [1.29, 1.82) is 0 Å². The second-order valence-electron chi connectivity index (χ2n) is 2.77.